The van der Waals surface area contributed by atoms with Crippen LogP contribution in [-0.2, 0) is 12.8 Å². The Hall–Kier alpha value is -1.51. The fourth-order valence-electron chi connectivity index (χ4n) is 3.05. The summed E-state index contributed by atoms with van der Waals surface area (Å²) in [6.07, 6.45) is 3.90. The third-order valence-corrected chi connectivity index (χ3v) is 3.86. The molecule has 0 fully saturated rings. The normalized spacial score (nSPS) is 17.2. The molecule has 0 saturated heterocycles. The van der Waals surface area contributed by atoms with Crippen LogP contribution < -0.4 is 9.47 Å². The number of carbonyl (C=O) groups excluding carboxylic acids is 1. The molecule has 3 rings (SSSR count). The smallest absolute Gasteiger partial charge is 0.163 e. The number of Topliss-reactive ketones (excluding diaryl/α,β-unsaturated/α-hetero) is 1. The van der Waals surface area contributed by atoms with E-state index in [0.717, 1.165) is 54.9 Å². The molecule has 0 amide bonds. The monoisotopic (exact) mass is 246 g/mol. The average molecular weight is 246 g/mol. The predicted molar refractivity (Wildman–Crippen MR) is 68.8 cm³/mol. The molecular formula is C15H18O3. The number of rotatable bonds is 1. The number of ketones is 1. The van der Waals surface area contributed by atoms with E-state index in [-0.39, 0.29) is 5.78 Å². The molecule has 3 heteroatoms. The quantitative estimate of drug-likeness (QED) is 0.715. The van der Waals surface area contributed by atoms with Crippen molar-refractivity contribution in [3.05, 3.63) is 22.3 Å². The third-order valence-electron chi connectivity index (χ3n) is 3.86. The average Bonchev–Trinajstić information content (AvgIpc) is 2.39. The van der Waals surface area contributed by atoms with Gasteiger partial charge in [-0.3, -0.25) is 4.79 Å². The lowest BCUT2D eigenvalue weighted by Crippen LogP contribution is -2.20. The topological polar surface area (TPSA) is 35.5 Å². The first-order valence-corrected chi connectivity index (χ1v) is 6.65. The molecule has 0 bridgehead atoms. The third kappa shape index (κ3) is 1.61. The van der Waals surface area contributed by atoms with Crippen molar-refractivity contribution >= 4 is 5.78 Å². The second-order valence-electron chi connectivity index (χ2n) is 5.08. The van der Waals surface area contributed by atoms with Gasteiger partial charge in [0.2, 0.25) is 0 Å². The van der Waals surface area contributed by atoms with Crippen LogP contribution in [0.4, 0.5) is 0 Å². The van der Waals surface area contributed by atoms with Gasteiger partial charge in [-0.05, 0) is 45.1 Å². The number of fused-ring (bicyclic) bond motifs is 2. The van der Waals surface area contributed by atoms with Gasteiger partial charge in [-0.1, -0.05) is 0 Å². The molecule has 0 atom stereocenters. The summed E-state index contributed by atoms with van der Waals surface area (Å²) in [6, 6.07) is 0. The second-order valence-corrected chi connectivity index (χ2v) is 5.08. The highest BCUT2D eigenvalue weighted by Gasteiger charge is 2.29. The molecule has 0 unspecified atom stereocenters. The van der Waals surface area contributed by atoms with Gasteiger partial charge in [0.25, 0.3) is 0 Å². The van der Waals surface area contributed by atoms with Gasteiger partial charge < -0.3 is 9.47 Å². The van der Waals surface area contributed by atoms with E-state index in [2.05, 4.69) is 6.92 Å². The van der Waals surface area contributed by atoms with Gasteiger partial charge in [-0.2, -0.15) is 0 Å². The van der Waals surface area contributed by atoms with E-state index >= 15 is 0 Å². The van der Waals surface area contributed by atoms with E-state index in [1.165, 1.54) is 11.1 Å². The van der Waals surface area contributed by atoms with E-state index < -0.39 is 0 Å². The standard InChI is InChI=1S/C15H18O3/c1-9-11-5-3-8-18-15(11)13(10(2)16)12-6-4-7-17-14(9)12/h3-8H2,1-2H3. The lowest BCUT2D eigenvalue weighted by molar-refractivity contribution is 0.101. The molecule has 0 aliphatic carbocycles. The van der Waals surface area contributed by atoms with Crippen LogP contribution in [0, 0.1) is 6.92 Å². The van der Waals surface area contributed by atoms with Gasteiger partial charge in [0.05, 0.1) is 18.8 Å². The molecular weight excluding hydrogens is 228 g/mol. The predicted octanol–water partition coefficient (Wildman–Crippen LogP) is 2.85. The van der Waals surface area contributed by atoms with E-state index in [0.29, 0.717) is 6.61 Å². The molecule has 2 heterocycles. The Bertz CT molecular complexity index is 480. The molecule has 1 aromatic carbocycles. The summed E-state index contributed by atoms with van der Waals surface area (Å²) in [5.41, 5.74) is 4.17. The van der Waals surface area contributed by atoms with Crippen LogP contribution in [0.2, 0.25) is 0 Å². The van der Waals surface area contributed by atoms with Gasteiger partial charge in [0, 0.05) is 11.1 Å². The number of hydrogen-bond acceptors (Lipinski definition) is 3. The van der Waals surface area contributed by atoms with Crippen molar-refractivity contribution in [1.29, 1.82) is 0 Å². The van der Waals surface area contributed by atoms with Crippen molar-refractivity contribution in [2.24, 2.45) is 0 Å². The lowest BCUT2D eigenvalue weighted by atomic mass is 9.88. The Labute approximate surface area is 107 Å². The molecule has 3 nitrogen and oxygen atoms in total. The van der Waals surface area contributed by atoms with Crippen molar-refractivity contribution in [2.75, 3.05) is 13.2 Å². The van der Waals surface area contributed by atoms with Crippen molar-refractivity contribution in [3.8, 4) is 11.5 Å². The van der Waals surface area contributed by atoms with Gasteiger partial charge in [0.1, 0.15) is 11.5 Å². The molecule has 0 saturated carbocycles. The molecule has 2 aliphatic heterocycles. The zero-order valence-electron chi connectivity index (χ0n) is 11.0. The largest absolute Gasteiger partial charge is 0.493 e. The zero-order valence-corrected chi connectivity index (χ0v) is 11.0. The first kappa shape index (κ1) is 11.6. The lowest BCUT2D eigenvalue weighted by Gasteiger charge is -2.29. The Morgan fingerprint density at radius 3 is 2.28 bits per heavy atom. The summed E-state index contributed by atoms with van der Waals surface area (Å²) < 4.78 is 11.6. The van der Waals surface area contributed by atoms with E-state index in [1.54, 1.807) is 6.92 Å². The highest BCUT2D eigenvalue weighted by molar-refractivity contribution is 6.00. The molecule has 0 spiro atoms. The number of carbonyl (C=O) groups is 1. The molecule has 18 heavy (non-hydrogen) atoms. The minimum Gasteiger partial charge on any atom is -0.493 e. The Morgan fingerprint density at radius 1 is 1.00 bits per heavy atom. The first-order chi connectivity index (χ1) is 8.70. The summed E-state index contributed by atoms with van der Waals surface area (Å²) in [6.45, 7) is 5.18. The van der Waals surface area contributed by atoms with Gasteiger partial charge in [-0.25, -0.2) is 0 Å². The second kappa shape index (κ2) is 4.30. The molecule has 0 N–H and O–H groups in total. The summed E-state index contributed by atoms with van der Waals surface area (Å²) >= 11 is 0. The maximum Gasteiger partial charge on any atom is 0.163 e. The zero-order chi connectivity index (χ0) is 12.7. The Kier molecular flexibility index (Phi) is 2.77. The van der Waals surface area contributed by atoms with E-state index in [9.17, 15) is 4.79 Å². The van der Waals surface area contributed by atoms with Crippen LogP contribution in [0.3, 0.4) is 0 Å². The van der Waals surface area contributed by atoms with Crippen LogP contribution in [-0.4, -0.2) is 19.0 Å². The SMILES string of the molecule is CC(=O)c1c2c(c(C)c3c1OCCC3)OCCC2. The van der Waals surface area contributed by atoms with Crippen molar-refractivity contribution < 1.29 is 14.3 Å². The van der Waals surface area contributed by atoms with Crippen LogP contribution in [0.1, 0.15) is 46.8 Å². The van der Waals surface area contributed by atoms with Crippen LogP contribution in [0.5, 0.6) is 11.5 Å². The van der Waals surface area contributed by atoms with Crippen LogP contribution in [0.15, 0.2) is 0 Å². The minimum absolute atomic E-state index is 0.0925. The fourth-order valence-corrected chi connectivity index (χ4v) is 3.05. The molecule has 2 aliphatic rings. The van der Waals surface area contributed by atoms with E-state index in [1.807, 2.05) is 0 Å². The number of hydrogen-bond donors (Lipinski definition) is 0. The summed E-state index contributed by atoms with van der Waals surface area (Å²) in [5.74, 6) is 1.86. The first-order valence-electron chi connectivity index (χ1n) is 6.65. The molecule has 96 valence electrons. The summed E-state index contributed by atoms with van der Waals surface area (Å²) in [4.78, 5) is 12.0. The molecule has 0 aromatic heterocycles. The minimum atomic E-state index is 0.0925. The maximum absolute atomic E-state index is 12.0. The summed E-state index contributed by atoms with van der Waals surface area (Å²) in [5, 5.41) is 0. The Morgan fingerprint density at radius 2 is 1.61 bits per heavy atom. The molecule has 1 aromatic rings. The Balaban J connectivity index is 2.31. The van der Waals surface area contributed by atoms with Gasteiger partial charge in [-0.15, -0.1) is 0 Å². The van der Waals surface area contributed by atoms with Crippen LogP contribution in [0.25, 0.3) is 0 Å². The number of benzene rings is 1. The van der Waals surface area contributed by atoms with Gasteiger partial charge >= 0.3 is 0 Å². The van der Waals surface area contributed by atoms with E-state index in [4.69, 9.17) is 9.47 Å². The highest BCUT2D eigenvalue weighted by Crippen LogP contribution is 2.43. The van der Waals surface area contributed by atoms with Gasteiger partial charge in [0.15, 0.2) is 5.78 Å². The fraction of sp³-hybridized carbons (Fsp3) is 0.533. The summed E-state index contributed by atoms with van der Waals surface area (Å²) in [7, 11) is 0. The maximum atomic E-state index is 12.0. The molecule has 0 radical (unpaired) electrons. The van der Waals surface area contributed by atoms with Crippen molar-refractivity contribution in [3.63, 3.8) is 0 Å². The van der Waals surface area contributed by atoms with Crippen molar-refractivity contribution in [2.45, 2.75) is 39.5 Å². The highest BCUT2D eigenvalue weighted by atomic mass is 16.5. The number of ether oxygens (including phenoxy) is 2. The van der Waals surface area contributed by atoms with Crippen LogP contribution >= 0.6 is 0 Å². The van der Waals surface area contributed by atoms with Crippen molar-refractivity contribution in [1.82, 2.24) is 0 Å².